The van der Waals surface area contributed by atoms with Crippen molar-refractivity contribution in [2.75, 3.05) is 31.9 Å². The number of carbonyl (C=O) groups excluding carboxylic acids is 1. The molecule has 2 aromatic carbocycles. The zero-order valence-corrected chi connectivity index (χ0v) is 18.4. The highest BCUT2D eigenvalue weighted by Gasteiger charge is 2.29. The highest BCUT2D eigenvalue weighted by molar-refractivity contribution is 7.91. The van der Waals surface area contributed by atoms with Crippen LogP contribution in [0, 0.1) is 0 Å². The molecule has 3 rings (SSSR count). The first-order valence-electron chi connectivity index (χ1n) is 9.94. The van der Waals surface area contributed by atoms with Gasteiger partial charge in [0.05, 0.1) is 16.2 Å². The molecule has 1 saturated heterocycles. The van der Waals surface area contributed by atoms with Gasteiger partial charge >= 0.3 is 0 Å². The number of sulfone groups is 1. The Morgan fingerprint density at radius 2 is 1.66 bits per heavy atom. The summed E-state index contributed by atoms with van der Waals surface area (Å²) in [6.07, 6.45) is 0.517. The normalized spacial score (nSPS) is 16.6. The van der Waals surface area contributed by atoms with Crippen LogP contribution in [0.1, 0.15) is 42.2 Å². The third-order valence-electron chi connectivity index (χ3n) is 5.43. The second-order valence-electron chi connectivity index (χ2n) is 7.34. The molecule has 1 aliphatic heterocycles. The van der Waals surface area contributed by atoms with Gasteiger partial charge in [-0.05, 0) is 37.1 Å². The molecule has 0 saturated carbocycles. The number of rotatable bonds is 6. The number of nitrogens with zero attached hydrogens (tertiary/aromatic N) is 2. The molecule has 0 spiro atoms. The minimum Gasteiger partial charge on any atom is -0.336 e. The van der Waals surface area contributed by atoms with Crippen molar-refractivity contribution in [1.82, 2.24) is 9.80 Å². The van der Waals surface area contributed by atoms with Crippen molar-refractivity contribution in [3.05, 3.63) is 64.7 Å². The van der Waals surface area contributed by atoms with Crippen molar-refractivity contribution >= 4 is 27.3 Å². The maximum Gasteiger partial charge on any atom is 0.255 e. The number of amides is 1. The van der Waals surface area contributed by atoms with Crippen LogP contribution in [0.3, 0.4) is 0 Å². The third kappa shape index (κ3) is 4.82. The van der Waals surface area contributed by atoms with Crippen LogP contribution < -0.4 is 0 Å². The van der Waals surface area contributed by atoms with Crippen LogP contribution in [0.4, 0.5) is 0 Å². The third-order valence-corrected chi connectivity index (χ3v) is 7.75. The van der Waals surface area contributed by atoms with Gasteiger partial charge in [-0.15, -0.1) is 0 Å². The summed E-state index contributed by atoms with van der Waals surface area (Å²) in [6.45, 7) is 6.46. The number of hydrogen-bond donors (Lipinski definition) is 0. The number of hydrogen-bond acceptors (Lipinski definition) is 4. The lowest BCUT2D eigenvalue weighted by molar-refractivity contribution is 0.0578. The Morgan fingerprint density at radius 3 is 2.31 bits per heavy atom. The maximum atomic E-state index is 13.1. The smallest absolute Gasteiger partial charge is 0.255 e. The van der Waals surface area contributed by atoms with Crippen LogP contribution in [0.15, 0.2) is 53.4 Å². The molecule has 0 N–H and O–H groups in total. The maximum absolute atomic E-state index is 13.1. The fourth-order valence-electron chi connectivity index (χ4n) is 3.79. The highest BCUT2D eigenvalue weighted by atomic mass is 35.5. The number of piperazine rings is 1. The molecule has 0 aromatic heterocycles. The van der Waals surface area contributed by atoms with Gasteiger partial charge in [-0.2, -0.15) is 0 Å². The largest absolute Gasteiger partial charge is 0.336 e. The molecule has 2 aromatic rings. The number of benzene rings is 2. The lowest BCUT2D eigenvalue weighted by Gasteiger charge is -2.38. The van der Waals surface area contributed by atoms with Crippen LogP contribution in [0.5, 0.6) is 0 Å². The summed E-state index contributed by atoms with van der Waals surface area (Å²) in [5, 5.41) is 0.744. The summed E-state index contributed by atoms with van der Waals surface area (Å²) in [4.78, 5) is 17.3. The Kier molecular flexibility index (Phi) is 6.98. The van der Waals surface area contributed by atoms with E-state index in [9.17, 15) is 13.2 Å². The number of halogens is 1. The molecule has 0 radical (unpaired) electrons. The van der Waals surface area contributed by atoms with E-state index in [1.54, 1.807) is 23.1 Å². The van der Waals surface area contributed by atoms with E-state index >= 15 is 0 Å². The predicted octanol–water partition coefficient (Wildman–Crippen LogP) is 4.04. The Bertz CT molecular complexity index is 970. The first kappa shape index (κ1) is 21.8. The highest BCUT2D eigenvalue weighted by Crippen LogP contribution is 2.28. The molecule has 29 heavy (non-hydrogen) atoms. The molecule has 156 valence electrons. The molecule has 7 heteroatoms. The first-order valence-corrected chi connectivity index (χ1v) is 12.0. The predicted molar refractivity (Wildman–Crippen MR) is 116 cm³/mol. The number of carbonyl (C=O) groups is 1. The van der Waals surface area contributed by atoms with Crippen LogP contribution in [0.25, 0.3) is 0 Å². The van der Waals surface area contributed by atoms with E-state index in [0.29, 0.717) is 32.6 Å². The summed E-state index contributed by atoms with van der Waals surface area (Å²) in [6, 6.07) is 14.5. The van der Waals surface area contributed by atoms with Crippen molar-refractivity contribution in [2.24, 2.45) is 0 Å². The molecule has 1 fully saturated rings. The molecule has 1 atom stereocenters. The van der Waals surface area contributed by atoms with Gasteiger partial charge in [0.25, 0.3) is 5.91 Å². The fraction of sp³-hybridized carbons (Fsp3) is 0.409. The van der Waals surface area contributed by atoms with E-state index < -0.39 is 9.84 Å². The van der Waals surface area contributed by atoms with Gasteiger partial charge < -0.3 is 4.90 Å². The van der Waals surface area contributed by atoms with E-state index in [2.05, 4.69) is 11.8 Å². The summed E-state index contributed by atoms with van der Waals surface area (Å²) < 4.78 is 25.2. The van der Waals surface area contributed by atoms with E-state index in [1.807, 2.05) is 31.2 Å². The molecular formula is C22H27ClN2O3S. The van der Waals surface area contributed by atoms with Crippen molar-refractivity contribution in [3.8, 4) is 0 Å². The van der Waals surface area contributed by atoms with Gasteiger partial charge in [0.2, 0.25) is 0 Å². The molecule has 0 bridgehead atoms. The SMILES string of the molecule is CCCS(=O)(=O)c1ccccc1C(=O)N1CCN(C(C)c2ccccc2Cl)CC1. The van der Waals surface area contributed by atoms with E-state index in [0.717, 1.165) is 10.6 Å². The zero-order chi connectivity index (χ0) is 21.0. The van der Waals surface area contributed by atoms with Gasteiger partial charge in [0.15, 0.2) is 9.84 Å². The second-order valence-corrected chi connectivity index (χ2v) is 9.83. The van der Waals surface area contributed by atoms with Crippen LogP contribution in [-0.2, 0) is 9.84 Å². The Morgan fingerprint density at radius 1 is 1.03 bits per heavy atom. The average Bonchev–Trinajstić information content (AvgIpc) is 2.73. The minimum absolute atomic E-state index is 0.0421. The summed E-state index contributed by atoms with van der Waals surface area (Å²) in [7, 11) is -3.46. The molecule has 1 aliphatic rings. The second kappa shape index (κ2) is 9.28. The van der Waals surface area contributed by atoms with E-state index in [4.69, 9.17) is 11.6 Å². The van der Waals surface area contributed by atoms with Gasteiger partial charge in [-0.1, -0.05) is 48.9 Å². The van der Waals surface area contributed by atoms with E-state index in [-0.39, 0.29) is 28.2 Å². The molecule has 1 unspecified atom stereocenters. The fourth-order valence-corrected chi connectivity index (χ4v) is 5.61. The Hall–Kier alpha value is -1.89. The summed E-state index contributed by atoms with van der Waals surface area (Å²) in [5.41, 5.74) is 1.35. The minimum atomic E-state index is -3.46. The Labute approximate surface area is 178 Å². The Balaban J connectivity index is 1.72. The molecule has 5 nitrogen and oxygen atoms in total. The van der Waals surface area contributed by atoms with Crippen LogP contribution in [0.2, 0.25) is 5.02 Å². The van der Waals surface area contributed by atoms with Gasteiger partial charge in [0, 0.05) is 37.2 Å². The van der Waals surface area contributed by atoms with Gasteiger partial charge in [-0.25, -0.2) is 8.42 Å². The van der Waals surface area contributed by atoms with Crippen molar-refractivity contribution in [3.63, 3.8) is 0 Å². The lowest BCUT2D eigenvalue weighted by atomic mass is 10.1. The molecular weight excluding hydrogens is 408 g/mol. The first-order chi connectivity index (χ1) is 13.8. The van der Waals surface area contributed by atoms with E-state index in [1.165, 1.54) is 6.07 Å². The van der Waals surface area contributed by atoms with Crippen molar-refractivity contribution < 1.29 is 13.2 Å². The van der Waals surface area contributed by atoms with Gasteiger partial charge in [0.1, 0.15) is 0 Å². The standard InChI is InChI=1S/C22H27ClN2O3S/c1-3-16-29(27,28)21-11-7-5-9-19(21)22(26)25-14-12-24(13-15-25)17(2)18-8-4-6-10-20(18)23/h4-11,17H,3,12-16H2,1-2H3. The zero-order valence-electron chi connectivity index (χ0n) is 16.8. The van der Waals surface area contributed by atoms with Crippen molar-refractivity contribution in [1.29, 1.82) is 0 Å². The van der Waals surface area contributed by atoms with Crippen LogP contribution in [-0.4, -0.2) is 56.1 Å². The monoisotopic (exact) mass is 434 g/mol. The molecule has 1 amide bonds. The van der Waals surface area contributed by atoms with Crippen LogP contribution >= 0.6 is 11.6 Å². The molecule has 1 heterocycles. The van der Waals surface area contributed by atoms with Gasteiger partial charge in [-0.3, -0.25) is 9.69 Å². The molecule has 0 aliphatic carbocycles. The quantitative estimate of drug-likeness (QED) is 0.688. The summed E-state index contributed by atoms with van der Waals surface area (Å²) in [5.74, 6) is -0.175. The summed E-state index contributed by atoms with van der Waals surface area (Å²) >= 11 is 6.34. The topological polar surface area (TPSA) is 57.7 Å². The lowest BCUT2D eigenvalue weighted by Crippen LogP contribution is -2.49. The average molecular weight is 435 g/mol. The van der Waals surface area contributed by atoms with Crippen molar-refractivity contribution in [2.45, 2.75) is 31.2 Å².